The predicted octanol–water partition coefficient (Wildman–Crippen LogP) is 2.27. The third kappa shape index (κ3) is 3.81. The Kier molecular flexibility index (Phi) is 4.73. The number of furan rings is 1. The maximum Gasteiger partial charge on any atom is 0.338 e. The standard InChI is InChI=1S/C11H16O4S/c1-3-8(2)6-16(14)7-10-4-9(5-15-10)11(12)13/h4-5,8H,3,6-7H2,1-2H3,(H,12,13). The molecule has 0 amide bonds. The van der Waals surface area contributed by atoms with E-state index in [2.05, 4.69) is 6.92 Å². The number of aromatic carboxylic acids is 1. The highest BCUT2D eigenvalue weighted by Crippen LogP contribution is 2.12. The van der Waals surface area contributed by atoms with Gasteiger partial charge in [-0.25, -0.2) is 4.79 Å². The topological polar surface area (TPSA) is 67.5 Å². The van der Waals surface area contributed by atoms with Crippen LogP contribution in [-0.2, 0) is 16.6 Å². The van der Waals surface area contributed by atoms with E-state index in [1.165, 1.54) is 12.3 Å². The number of carbonyl (C=O) groups is 1. The molecule has 0 saturated carbocycles. The maximum atomic E-state index is 11.7. The normalized spacial score (nSPS) is 14.6. The van der Waals surface area contributed by atoms with Crippen molar-refractivity contribution in [2.24, 2.45) is 5.92 Å². The van der Waals surface area contributed by atoms with Crippen molar-refractivity contribution in [3.8, 4) is 0 Å². The van der Waals surface area contributed by atoms with Crippen LogP contribution in [0.5, 0.6) is 0 Å². The minimum Gasteiger partial charge on any atom is -0.478 e. The van der Waals surface area contributed by atoms with Gasteiger partial charge in [0.1, 0.15) is 12.0 Å². The van der Waals surface area contributed by atoms with Crippen LogP contribution in [0.4, 0.5) is 0 Å². The van der Waals surface area contributed by atoms with Crippen LogP contribution in [-0.4, -0.2) is 21.0 Å². The lowest BCUT2D eigenvalue weighted by Crippen LogP contribution is -2.08. The summed E-state index contributed by atoms with van der Waals surface area (Å²) in [6.07, 6.45) is 2.17. The molecule has 0 aliphatic carbocycles. The fraction of sp³-hybridized carbons (Fsp3) is 0.545. The molecule has 5 heteroatoms. The van der Waals surface area contributed by atoms with Crippen molar-refractivity contribution in [2.75, 3.05) is 5.75 Å². The van der Waals surface area contributed by atoms with Crippen LogP contribution < -0.4 is 0 Å². The van der Waals surface area contributed by atoms with E-state index in [0.29, 0.717) is 17.4 Å². The smallest absolute Gasteiger partial charge is 0.338 e. The lowest BCUT2D eigenvalue weighted by molar-refractivity contribution is 0.0696. The van der Waals surface area contributed by atoms with Crippen LogP contribution in [0.15, 0.2) is 16.7 Å². The van der Waals surface area contributed by atoms with Gasteiger partial charge in [0.15, 0.2) is 0 Å². The first kappa shape index (κ1) is 13.0. The Labute approximate surface area is 97.1 Å². The van der Waals surface area contributed by atoms with Gasteiger partial charge < -0.3 is 9.52 Å². The summed E-state index contributed by atoms with van der Waals surface area (Å²) in [5.74, 6) is 0.772. The van der Waals surface area contributed by atoms with E-state index in [0.717, 1.165) is 6.42 Å². The average molecular weight is 244 g/mol. The Morgan fingerprint density at radius 2 is 2.31 bits per heavy atom. The molecule has 0 bridgehead atoms. The molecule has 1 N–H and O–H groups in total. The van der Waals surface area contributed by atoms with Gasteiger partial charge in [-0.3, -0.25) is 4.21 Å². The quantitative estimate of drug-likeness (QED) is 0.833. The minimum absolute atomic E-state index is 0.107. The highest BCUT2D eigenvalue weighted by Gasteiger charge is 2.12. The fourth-order valence-electron chi connectivity index (χ4n) is 1.22. The molecular formula is C11H16O4S. The van der Waals surface area contributed by atoms with Crippen molar-refractivity contribution in [2.45, 2.75) is 26.0 Å². The zero-order valence-electron chi connectivity index (χ0n) is 9.43. The number of hydrogen-bond donors (Lipinski definition) is 1. The SMILES string of the molecule is CCC(C)CS(=O)Cc1cc(C(=O)O)co1. The van der Waals surface area contributed by atoms with Gasteiger partial charge in [0, 0.05) is 16.6 Å². The molecular weight excluding hydrogens is 228 g/mol. The monoisotopic (exact) mass is 244 g/mol. The van der Waals surface area contributed by atoms with E-state index >= 15 is 0 Å². The molecule has 1 rings (SSSR count). The molecule has 1 heterocycles. The molecule has 0 aliphatic heterocycles. The van der Waals surface area contributed by atoms with E-state index in [9.17, 15) is 9.00 Å². The van der Waals surface area contributed by atoms with Crippen LogP contribution >= 0.6 is 0 Å². The number of hydrogen-bond acceptors (Lipinski definition) is 3. The first-order chi connectivity index (χ1) is 7.52. The van der Waals surface area contributed by atoms with Gasteiger partial charge in [-0.15, -0.1) is 0 Å². The summed E-state index contributed by atoms with van der Waals surface area (Å²) in [6.45, 7) is 4.10. The lowest BCUT2D eigenvalue weighted by atomic mass is 10.2. The Morgan fingerprint density at radius 1 is 1.62 bits per heavy atom. The van der Waals surface area contributed by atoms with Crippen LogP contribution in [0.1, 0.15) is 36.4 Å². The first-order valence-electron chi connectivity index (χ1n) is 5.18. The fourth-order valence-corrected chi connectivity index (χ4v) is 2.68. The zero-order valence-corrected chi connectivity index (χ0v) is 10.3. The van der Waals surface area contributed by atoms with Gasteiger partial charge in [0.05, 0.1) is 11.3 Å². The highest BCUT2D eigenvalue weighted by molar-refractivity contribution is 7.84. The van der Waals surface area contributed by atoms with Gasteiger partial charge >= 0.3 is 5.97 Å². The van der Waals surface area contributed by atoms with Crippen molar-refractivity contribution in [3.63, 3.8) is 0 Å². The molecule has 90 valence electrons. The van der Waals surface area contributed by atoms with Crippen molar-refractivity contribution in [1.29, 1.82) is 0 Å². The van der Waals surface area contributed by atoms with E-state index in [-0.39, 0.29) is 11.3 Å². The minimum atomic E-state index is -1.03. The van der Waals surface area contributed by atoms with Crippen LogP contribution in [0.25, 0.3) is 0 Å². The van der Waals surface area contributed by atoms with E-state index < -0.39 is 16.8 Å². The van der Waals surface area contributed by atoms with Gasteiger partial charge in [0.25, 0.3) is 0 Å². The van der Waals surface area contributed by atoms with Crippen LogP contribution in [0.3, 0.4) is 0 Å². The van der Waals surface area contributed by atoms with Crippen molar-refractivity contribution in [3.05, 3.63) is 23.7 Å². The van der Waals surface area contributed by atoms with Gasteiger partial charge in [0.2, 0.25) is 0 Å². The second-order valence-electron chi connectivity index (χ2n) is 3.87. The Bertz CT molecular complexity index is 383. The molecule has 1 aromatic heterocycles. The molecule has 2 unspecified atom stereocenters. The van der Waals surface area contributed by atoms with Crippen molar-refractivity contribution < 1.29 is 18.5 Å². The summed E-state index contributed by atoms with van der Waals surface area (Å²) >= 11 is 0. The Balaban J connectivity index is 2.53. The predicted molar refractivity (Wildman–Crippen MR) is 61.8 cm³/mol. The average Bonchev–Trinajstić information content (AvgIpc) is 2.65. The van der Waals surface area contributed by atoms with Crippen LogP contribution in [0.2, 0.25) is 0 Å². The number of carboxylic acids is 1. The highest BCUT2D eigenvalue weighted by atomic mass is 32.2. The summed E-state index contributed by atoms with van der Waals surface area (Å²) in [6, 6.07) is 1.43. The summed E-state index contributed by atoms with van der Waals surface area (Å²) in [4.78, 5) is 10.6. The Morgan fingerprint density at radius 3 is 2.81 bits per heavy atom. The number of carboxylic acid groups (broad SMARTS) is 1. The second-order valence-corrected chi connectivity index (χ2v) is 5.37. The third-order valence-corrected chi connectivity index (χ3v) is 3.92. The van der Waals surface area contributed by atoms with Gasteiger partial charge in [-0.1, -0.05) is 20.3 Å². The summed E-state index contributed by atoms with van der Waals surface area (Å²) in [5, 5.41) is 8.68. The number of rotatable bonds is 6. The maximum absolute atomic E-state index is 11.7. The lowest BCUT2D eigenvalue weighted by Gasteiger charge is -2.06. The molecule has 4 nitrogen and oxygen atoms in total. The van der Waals surface area contributed by atoms with Crippen molar-refractivity contribution in [1.82, 2.24) is 0 Å². The molecule has 0 fully saturated rings. The summed E-state index contributed by atoms with van der Waals surface area (Å²) in [5.41, 5.74) is 0.107. The first-order valence-corrected chi connectivity index (χ1v) is 6.67. The molecule has 0 aliphatic rings. The molecule has 16 heavy (non-hydrogen) atoms. The van der Waals surface area contributed by atoms with E-state index in [1.807, 2.05) is 6.92 Å². The Hall–Kier alpha value is -1.10. The molecule has 0 saturated heterocycles. The second kappa shape index (κ2) is 5.84. The molecule has 0 radical (unpaired) electrons. The van der Waals surface area contributed by atoms with E-state index in [4.69, 9.17) is 9.52 Å². The summed E-state index contributed by atoms with van der Waals surface area (Å²) in [7, 11) is -0.988. The summed E-state index contributed by atoms with van der Waals surface area (Å²) < 4.78 is 16.7. The molecule has 0 aromatic carbocycles. The molecule has 0 spiro atoms. The molecule has 2 atom stereocenters. The van der Waals surface area contributed by atoms with E-state index in [1.54, 1.807) is 0 Å². The third-order valence-electron chi connectivity index (χ3n) is 2.37. The largest absolute Gasteiger partial charge is 0.478 e. The van der Waals surface area contributed by atoms with Gasteiger partial charge in [-0.2, -0.15) is 0 Å². The van der Waals surface area contributed by atoms with Crippen molar-refractivity contribution >= 4 is 16.8 Å². The zero-order chi connectivity index (χ0) is 12.1. The van der Waals surface area contributed by atoms with Crippen LogP contribution in [0, 0.1) is 5.92 Å². The molecule has 1 aromatic rings. The van der Waals surface area contributed by atoms with Gasteiger partial charge in [-0.05, 0) is 12.0 Å².